The molecule has 1 aromatic heterocycles. The maximum atomic E-state index is 12.2. The molecule has 23 heavy (non-hydrogen) atoms. The number of halogens is 1. The van der Waals surface area contributed by atoms with E-state index in [1.54, 1.807) is 12.3 Å². The number of aromatic nitrogens is 1. The minimum atomic E-state index is -0.224. The Bertz CT molecular complexity index is 653. The molecule has 1 atom stereocenters. The summed E-state index contributed by atoms with van der Waals surface area (Å²) in [5, 5.41) is 6.10. The van der Waals surface area contributed by atoms with Crippen LogP contribution in [0.15, 0.2) is 47.1 Å². The molecule has 0 spiro atoms. The summed E-state index contributed by atoms with van der Waals surface area (Å²) in [5.74, 6) is -0.224. The third-order valence-electron chi connectivity index (χ3n) is 3.66. The van der Waals surface area contributed by atoms with E-state index >= 15 is 0 Å². The molecule has 1 amide bonds. The Morgan fingerprint density at radius 3 is 2.65 bits per heavy atom. The van der Waals surface area contributed by atoms with E-state index in [4.69, 9.17) is 4.74 Å². The highest BCUT2D eigenvalue weighted by molar-refractivity contribution is 9.10. The van der Waals surface area contributed by atoms with Crippen molar-refractivity contribution in [2.24, 2.45) is 0 Å². The number of hydrogen-bond acceptors (Lipinski definition) is 4. The van der Waals surface area contributed by atoms with E-state index in [1.165, 1.54) is 0 Å². The Morgan fingerprint density at radius 1 is 1.22 bits per heavy atom. The van der Waals surface area contributed by atoms with Gasteiger partial charge < -0.3 is 15.4 Å². The maximum absolute atomic E-state index is 12.2. The molecule has 1 unspecified atom stereocenters. The molecule has 1 saturated heterocycles. The number of hydrogen-bond donors (Lipinski definition) is 2. The lowest BCUT2D eigenvalue weighted by Crippen LogP contribution is -2.19. The number of amides is 1. The summed E-state index contributed by atoms with van der Waals surface area (Å²) in [5.41, 5.74) is 2.01. The SMILES string of the molecule is O=C(Nc1ccc(Br)cc1)c1ccc(NCC2CCCO2)cn1. The van der Waals surface area contributed by atoms with E-state index in [0.717, 1.165) is 41.8 Å². The lowest BCUT2D eigenvalue weighted by molar-refractivity contribution is 0.102. The predicted octanol–water partition coefficient (Wildman–Crippen LogP) is 3.69. The summed E-state index contributed by atoms with van der Waals surface area (Å²) >= 11 is 3.36. The zero-order chi connectivity index (χ0) is 16.1. The van der Waals surface area contributed by atoms with Gasteiger partial charge in [0.1, 0.15) is 5.69 Å². The van der Waals surface area contributed by atoms with Crippen molar-refractivity contribution in [3.63, 3.8) is 0 Å². The van der Waals surface area contributed by atoms with Crippen LogP contribution in [0, 0.1) is 0 Å². The first-order valence-electron chi connectivity index (χ1n) is 7.59. The second-order valence-electron chi connectivity index (χ2n) is 5.41. The molecule has 120 valence electrons. The number of pyridine rings is 1. The maximum Gasteiger partial charge on any atom is 0.274 e. The summed E-state index contributed by atoms with van der Waals surface area (Å²) in [6, 6.07) is 11.0. The summed E-state index contributed by atoms with van der Waals surface area (Å²) < 4.78 is 6.53. The molecule has 2 heterocycles. The molecular weight excluding hydrogens is 358 g/mol. The molecule has 0 bridgehead atoms. The van der Waals surface area contributed by atoms with Crippen molar-refractivity contribution in [2.75, 3.05) is 23.8 Å². The van der Waals surface area contributed by atoms with Crippen LogP contribution in [-0.2, 0) is 4.74 Å². The fourth-order valence-electron chi connectivity index (χ4n) is 2.40. The Hall–Kier alpha value is -1.92. The van der Waals surface area contributed by atoms with Gasteiger partial charge >= 0.3 is 0 Å². The Kier molecular flexibility index (Phi) is 5.25. The van der Waals surface area contributed by atoms with E-state index in [2.05, 4.69) is 31.5 Å². The molecule has 1 aliphatic heterocycles. The summed E-state index contributed by atoms with van der Waals surface area (Å²) in [4.78, 5) is 16.4. The summed E-state index contributed by atoms with van der Waals surface area (Å²) in [7, 11) is 0. The molecule has 1 aromatic carbocycles. The molecule has 2 aromatic rings. The van der Waals surface area contributed by atoms with Gasteiger partial charge in [-0.25, -0.2) is 4.98 Å². The standard InChI is InChI=1S/C17H18BrN3O2/c18-12-3-5-13(6-4-12)21-17(22)16-8-7-14(10-20-16)19-11-15-2-1-9-23-15/h3-8,10,15,19H,1-2,9,11H2,(H,21,22). The number of carbonyl (C=O) groups is 1. The van der Waals surface area contributed by atoms with Gasteiger partial charge in [0.2, 0.25) is 0 Å². The molecule has 2 N–H and O–H groups in total. The van der Waals surface area contributed by atoms with Crippen LogP contribution in [0.2, 0.25) is 0 Å². The zero-order valence-corrected chi connectivity index (χ0v) is 14.2. The van der Waals surface area contributed by atoms with Crippen molar-refractivity contribution >= 4 is 33.2 Å². The van der Waals surface area contributed by atoms with Gasteiger partial charge in [0.05, 0.1) is 18.0 Å². The number of benzene rings is 1. The minimum Gasteiger partial charge on any atom is -0.381 e. The Balaban J connectivity index is 1.55. The van der Waals surface area contributed by atoms with Crippen molar-refractivity contribution in [3.05, 3.63) is 52.8 Å². The van der Waals surface area contributed by atoms with Crippen LogP contribution in [0.3, 0.4) is 0 Å². The van der Waals surface area contributed by atoms with Gasteiger partial charge in [-0.15, -0.1) is 0 Å². The van der Waals surface area contributed by atoms with Crippen LogP contribution in [0.25, 0.3) is 0 Å². The van der Waals surface area contributed by atoms with E-state index < -0.39 is 0 Å². The van der Waals surface area contributed by atoms with Crippen molar-refractivity contribution < 1.29 is 9.53 Å². The van der Waals surface area contributed by atoms with Crippen LogP contribution in [0.1, 0.15) is 23.3 Å². The molecule has 0 radical (unpaired) electrons. The third-order valence-corrected chi connectivity index (χ3v) is 4.18. The first-order valence-corrected chi connectivity index (χ1v) is 8.38. The molecule has 0 aliphatic carbocycles. The summed E-state index contributed by atoms with van der Waals surface area (Å²) in [6.07, 6.45) is 4.16. The second kappa shape index (κ2) is 7.57. The predicted molar refractivity (Wildman–Crippen MR) is 93.8 cm³/mol. The van der Waals surface area contributed by atoms with E-state index in [9.17, 15) is 4.79 Å². The molecule has 0 saturated carbocycles. The fraction of sp³-hybridized carbons (Fsp3) is 0.294. The topological polar surface area (TPSA) is 63.2 Å². The number of rotatable bonds is 5. The number of nitrogens with one attached hydrogen (secondary N) is 2. The quantitative estimate of drug-likeness (QED) is 0.836. The van der Waals surface area contributed by atoms with Crippen LogP contribution in [0.4, 0.5) is 11.4 Å². The van der Waals surface area contributed by atoms with Crippen LogP contribution in [-0.4, -0.2) is 30.1 Å². The molecule has 3 rings (SSSR count). The van der Waals surface area contributed by atoms with Gasteiger partial charge in [-0.1, -0.05) is 15.9 Å². The second-order valence-corrected chi connectivity index (χ2v) is 6.32. The van der Waals surface area contributed by atoms with Crippen molar-refractivity contribution in [1.82, 2.24) is 4.98 Å². The van der Waals surface area contributed by atoms with E-state index in [1.807, 2.05) is 30.3 Å². The highest BCUT2D eigenvalue weighted by Gasteiger charge is 2.15. The normalized spacial score (nSPS) is 17.0. The number of anilines is 2. The number of ether oxygens (including phenoxy) is 1. The van der Waals surface area contributed by atoms with Crippen molar-refractivity contribution in [3.8, 4) is 0 Å². The first kappa shape index (κ1) is 16.0. The third kappa shape index (κ3) is 4.53. The average Bonchev–Trinajstić information content (AvgIpc) is 3.09. The lowest BCUT2D eigenvalue weighted by atomic mass is 10.2. The van der Waals surface area contributed by atoms with Crippen molar-refractivity contribution in [2.45, 2.75) is 18.9 Å². The molecule has 6 heteroatoms. The van der Waals surface area contributed by atoms with Gasteiger partial charge in [-0.2, -0.15) is 0 Å². The minimum absolute atomic E-state index is 0.224. The number of carbonyl (C=O) groups excluding carboxylic acids is 1. The lowest BCUT2D eigenvalue weighted by Gasteiger charge is -2.12. The van der Waals surface area contributed by atoms with Gasteiger partial charge in [-0.3, -0.25) is 4.79 Å². The monoisotopic (exact) mass is 375 g/mol. The van der Waals surface area contributed by atoms with Gasteiger partial charge in [-0.05, 0) is 49.2 Å². The molecule has 1 aliphatic rings. The van der Waals surface area contributed by atoms with Gasteiger partial charge in [0.15, 0.2) is 0 Å². The van der Waals surface area contributed by atoms with Crippen LogP contribution >= 0.6 is 15.9 Å². The smallest absolute Gasteiger partial charge is 0.274 e. The van der Waals surface area contributed by atoms with E-state index in [-0.39, 0.29) is 12.0 Å². The Labute approximate surface area is 143 Å². The van der Waals surface area contributed by atoms with E-state index in [0.29, 0.717) is 5.69 Å². The van der Waals surface area contributed by atoms with Gasteiger partial charge in [0.25, 0.3) is 5.91 Å². The zero-order valence-electron chi connectivity index (χ0n) is 12.6. The fourth-order valence-corrected chi connectivity index (χ4v) is 2.66. The average molecular weight is 376 g/mol. The summed E-state index contributed by atoms with van der Waals surface area (Å²) in [6.45, 7) is 1.62. The Morgan fingerprint density at radius 2 is 2.00 bits per heavy atom. The van der Waals surface area contributed by atoms with Crippen LogP contribution < -0.4 is 10.6 Å². The number of nitrogens with zero attached hydrogens (tertiary/aromatic N) is 1. The van der Waals surface area contributed by atoms with Crippen molar-refractivity contribution in [1.29, 1.82) is 0 Å². The van der Waals surface area contributed by atoms with Gasteiger partial charge in [0, 0.05) is 23.3 Å². The molecular formula is C17H18BrN3O2. The first-order chi connectivity index (χ1) is 11.2. The largest absolute Gasteiger partial charge is 0.381 e. The molecule has 5 nitrogen and oxygen atoms in total. The highest BCUT2D eigenvalue weighted by atomic mass is 79.9. The highest BCUT2D eigenvalue weighted by Crippen LogP contribution is 2.16. The van der Waals surface area contributed by atoms with Crippen LogP contribution in [0.5, 0.6) is 0 Å². The molecule has 1 fully saturated rings.